The van der Waals surface area contributed by atoms with E-state index in [-0.39, 0.29) is 5.91 Å². The molecule has 0 radical (unpaired) electrons. The van der Waals surface area contributed by atoms with Crippen LogP contribution in [0.2, 0.25) is 0 Å². The number of fused-ring (bicyclic) bond motifs is 1. The van der Waals surface area contributed by atoms with Gasteiger partial charge in [-0.2, -0.15) is 5.10 Å². The van der Waals surface area contributed by atoms with Gasteiger partial charge in [0.1, 0.15) is 0 Å². The van der Waals surface area contributed by atoms with Crippen molar-refractivity contribution in [2.45, 2.75) is 39.5 Å². The van der Waals surface area contributed by atoms with Crippen LogP contribution in [-0.4, -0.2) is 43.1 Å². The van der Waals surface area contributed by atoms with Gasteiger partial charge in [0, 0.05) is 42.9 Å². The van der Waals surface area contributed by atoms with Gasteiger partial charge in [-0.15, -0.1) is 0 Å². The van der Waals surface area contributed by atoms with Crippen molar-refractivity contribution in [3.05, 3.63) is 83.7 Å². The van der Waals surface area contributed by atoms with Crippen LogP contribution in [0.5, 0.6) is 0 Å². The molecular formula is C26H29N5O. The summed E-state index contributed by atoms with van der Waals surface area (Å²) in [4.78, 5) is 20.0. The number of likely N-dealkylation sites (tertiary alicyclic amines) is 1. The Morgan fingerprint density at radius 1 is 1.06 bits per heavy atom. The van der Waals surface area contributed by atoms with Crippen LogP contribution in [0.25, 0.3) is 11.2 Å². The normalized spacial score (nSPS) is 16.9. The Kier molecular flexibility index (Phi) is 5.52. The van der Waals surface area contributed by atoms with Crippen molar-refractivity contribution >= 4 is 11.4 Å². The molecule has 0 unspecified atom stereocenters. The van der Waals surface area contributed by atoms with Crippen LogP contribution in [0.3, 0.4) is 0 Å². The molecular weight excluding hydrogens is 398 g/mol. The Morgan fingerprint density at radius 2 is 1.97 bits per heavy atom. The van der Waals surface area contributed by atoms with E-state index in [0.717, 1.165) is 67.1 Å². The zero-order valence-corrected chi connectivity index (χ0v) is 18.7. The smallest absolute Gasteiger partial charge is 0.253 e. The van der Waals surface area contributed by atoms with Gasteiger partial charge in [-0.1, -0.05) is 6.07 Å². The maximum absolute atomic E-state index is 13.3. The average molecular weight is 428 g/mol. The number of aromatic nitrogens is 4. The van der Waals surface area contributed by atoms with E-state index in [2.05, 4.69) is 32.8 Å². The lowest BCUT2D eigenvalue weighted by molar-refractivity contribution is 0.0760. The standard InChI is InChI=1S/C26H29N5O/c1-19-16-20(2)31(28-19)23-8-3-7-22(18-23)26(32)30-13-4-6-21(10-14-30)17-24-25-9-5-12-29(25)15-11-27-24/h3,5,7-9,11-12,15-16,18,21H,4,6,10,13-14,17H2,1-2H3/t21-/m1/s1. The van der Waals surface area contributed by atoms with Gasteiger partial charge in [-0.25, -0.2) is 4.68 Å². The predicted octanol–water partition coefficient (Wildman–Crippen LogP) is 4.62. The van der Waals surface area contributed by atoms with Crippen molar-refractivity contribution in [1.29, 1.82) is 0 Å². The molecule has 5 rings (SSSR count). The zero-order valence-electron chi connectivity index (χ0n) is 18.7. The van der Waals surface area contributed by atoms with E-state index in [1.165, 1.54) is 5.52 Å². The quantitative estimate of drug-likeness (QED) is 0.477. The maximum atomic E-state index is 13.3. The summed E-state index contributed by atoms with van der Waals surface area (Å²) in [7, 11) is 0. The van der Waals surface area contributed by atoms with Crippen LogP contribution < -0.4 is 0 Å². The molecule has 1 saturated heterocycles. The van der Waals surface area contributed by atoms with Crippen molar-refractivity contribution in [1.82, 2.24) is 24.1 Å². The molecule has 1 aliphatic rings. The number of aryl methyl sites for hydroxylation is 2. The molecule has 3 aromatic heterocycles. The average Bonchev–Trinajstić information content (AvgIpc) is 3.34. The van der Waals surface area contributed by atoms with Crippen LogP contribution in [0.15, 0.2) is 61.1 Å². The molecule has 32 heavy (non-hydrogen) atoms. The van der Waals surface area contributed by atoms with Crippen molar-refractivity contribution < 1.29 is 4.79 Å². The van der Waals surface area contributed by atoms with Gasteiger partial charge >= 0.3 is 0 Å². The molecule has 4 heterocycles. The molecule has 1 aromatic carbocycles. The van der Waals surface area contributed by atoms with Gasteiger partial charge < -0.3 is 9.30 Å². The third kappa shape index (κ3) is 4.05. The molecule has 1 fully saturated rings. The fraction of sp³-hybridized carbons (Fsp3) is 0.346. The van der Waals surface area contributed by atoms with Gasteiger partial charge in [0.05, 0.1) is 22.6 Å². The first-order valence-electron chi connectivity index (χ1n) is 11.4. The zero-order chi connectivity index (χ0) is 22.1. The minimum absolute atomic E-state index is 0.112. The summed E-state index contributed by atoms with van der Waals surface area (Å²) in [6.45, 7) is 5.62. The molecule has 0 spiro atoms. The predicted molar refractivity (Wildman–Crippen MR) is 125 cm³/mol. The van der Waals surface area contributed by atoms with Crippen LogP contribution in [0.4, 0.5) is 0 Å². The molecule has 1 aliphatic heterocycles. The van der Waals surface area contributed by atoms with Crippen molar-refractivity contribution in [2.24, 2.45) is 5.92 Å². The highest BCUT2D eigenvalue weighted by Gasteiger charge is 2.23. The lowest BCUT2D eigenvalue weighted by Gasteiger charge is -2.21. The Balaban J connectivity index is 1.28. The van der Waals surface area contributed by atoms with Gasteiger partial charge in [0.25, 0.3) is 5.91 Å². The molecule has 0 aliphatic carbocycles. The molecule has 0 N–H and O–H groups in total. The summed E-state index contributed by atoms with van der Waals surface area (Å²) in [5.41, 5.74) is 6.04. The Hall–Kier alpha value is -3.41. The number of rotatable bonds is 4. The Morgan fingerprint density at radius 3 is 2.81 bits per heavy atom. The minimum Gasteiger partial charge on any atom is -0.339 e. The van der Waals surface area contributed by atoms with Crippen molar-refractivity contribution in [3.8, 4) is 5.69 Å². The molecule has 4 aromatic rings. The number of carbonyl (C=O) groups is 1. The van der Waals surface area contributed by atoms with Crippen LogP contribution in [-0.2, 0) is 6.42 Å². The molecule has 1 amide bonds. The van der Waals surface area contributed by atoms with E-state index in [0.29, 0.717) is 5.92 Å². The number of hydrogen-bond acceptors (Lipinski definition) is 3. The third-order valence-corrected chi connectivity index (χ3v) is 6.50. The fourth-order valence-corrected chi connectivity index (χ4v) is 4.88. The lowest BCUT2D eigenvalue weighted by Crippen LogP contribution is -2.32. The van der Waals surface area contributed by atoms with Crippen molar-refractivity contribution in [3.63, 3.8) is 0 Å². The van der Waals surface area contributed by atoms with E-state index in [9.17, 15) is 4.79 Å². The van der Waals surface area contributed by atoms with E-state index in [4.69, 9.17) is 0 Å². The van der Waals surface area contributed by atoms with Gasteiger partial charge in [-0.3, -0.25) is 9.78 Å². The molecule has 1 atom stereocenters. The SMILES string of the molecule is Cc1cc(C)n(-c2cccc(C(=O)N3CCC[C@@H](Cc4nccn5cccc45)CC3)c2)n1. The first-order chi connectivity index (χ1) is 15.6. The summed E-state index contributed by atoms with van der Waals surface area (Å²) < 4.78 is 4.03. The largest absolute Gasteiger partial charge is 0.339 e. The third-order valence-electron chi connectivity index (χ3n) is 6.50. The van der Waals surface area contributed by atoms with E-state index in [1.54, 1.807) is 0 Å². The van der Waals surface area contributed by atoms with E-state index in [1.807, 2.05) is 66.2 Å². The number of amides is 1. The summed E-state index contributed by atoms with van der Waals surface area (Å²) in [5, 5.41) is 4.56. The Labute approximate surface area is 188 Å². The number of carbonyl (C=O) groups excluding carboxylic acids is 1. The molecule has 6 heteroatoms. The molecule has 0 bridgehead atoms. The number of hydrogen-bond donors (Lipinski definition) is 0. The fourth-order valence-electron chi connectivity index (χ4n) is 4.88. The molecule has 0 saturated carbocycles. The first-order valence-corrected chi connectivity index (χ1v) is 11.4. The second kappa shape index (κ2) is 8.61. The van der Waals surface area contributed by atoms with Gasteiger partial charge in [0.2, 0.25) is 0 Å². The summed E-state index contributed by atoms with van der Waals surface area (Å²) in [5.74, 6) is 0.656. The first kappa shape index (κ1) is 20.5. The van der Waals surface area contributed by atoms with E-state index < -0.39 is 0 Å². The monoisotopic (exact) mass is 427 g/mol. The Bertz CT molecular complexity index is 1250. The summed E-state index contributed by atoms with van der Waals surface area (Å²) >= 11 is 0. The molecule has 164 valence electrons. The topological polar surface area (TPSA) is 55.4 Å². The second-order valence-electron chi connectivity index (χ2n) is 8.86. The van der Waals surface area contributed by atoms with E-state index >= 15 is 0 Å². The summed E-state index contributed by atoms with van der Waals surface area (Å²) in [6.07, 6.45) is 10.1. The molecule has 6 nitrogen and oxygen atoms in total. The highest BCUT2D eigenvalue weighted by Crippen LogP contribution is 2.24. The second-order valence-corrected chi connectivity index (χ2v) is 8.86. The summed E-state index contributed by atoms with van der Waals surface area (Å²) in [6, 6.07) is 14.1. The lowest BCUT2D eigenvalue weighted by atomic mass is 9.95. The highest BCUT2D eigenvalue weighted by molar-refractivity contribution is 5.94. The number of nitrogens with zero attached hydrogens (tertiary/aromatic N) is 5. The highest BCUT2D eigenvalue weighted by atomic mass is 16.2. The van der Waals surface area contributed by atoms with Gasteiger partial charge in [-0.05, 0) is 81.8 Å². The van der Waals surface area contributed by atoms with Crippen LogP contribution in [0.1, 0.15) is 46.7 Å². The van der Waals surface area contributed by atoms with Gasteiger partial charge in [0.15, 0.2) is 0 Å². The number of benzene rings is 1. The van der Waals surface area contributed by atoms with Crippen LogP contribution in [0, 0.1) is 19.8 Å². The van der Waals surface area contributed by atoms with Crippen molar-refractivity contribution in [2.75, 3.05) is 13.1 Å². The van der Waals surface area contributed by atoms with Crippen LogP contribution >= 0.6 is 0 Å². The maximum Gasteiger partial charge on any atom is 0.253 e. The minimum atomic E-state index is 0.112.